The summed E-state index contributed by atoms with van der Waals surface area (Å²) in [4.78, 5) is 0. The Kier molecular flexibility index (Phi) is 3.16. The van der Waals surface area contributed by atoms with Gasteiger partial charge < -0.3 is 0 Å². The van der Waals surface area contributed by atoms with Crippen molar-refractivity contribution in [2.24, 2.45) is 0 Å². The van der Waals surface area contributed by atoms with Gasteiger partial charge in [-0.1, -0.05) is 0 Å². The van der Waals surface area contributed by atoms with Gasteiger partial charge in [0.15, 0.2) is 0 Å². The SMILES string of the molecule is I[As]1SCCS1. The summed E-state index contributed by atoms with van der Waals surface area (Å²) in [5, 5.41) is 0. The minimum absolute atomic E-state index is 0.301. The molecule has 0 radical (unpaired) electrons. The molecule has 0 nitrogen and oxygen atoms in total. The average Bonchev–Trinajstić information content (AvgIpc) is 1.86. The quantitative estimate of drug-likeness (QED) is 0.494. The van der Waals surface area contributed by atoms with E-state index < -0.39 is 0 Å². The van der Waals surface area contributed by atoms with Crippen LogP contribution in [0.5, 0.6) is 0 Å². The van der Waals surface area contributed by atoms with Gasteiger partial charge in [-0.05, 0) is 0 Å². The van der Waals surface area contributed by atoms with Crippen molar-refractivity contribution in [1.82, 2.24) is 0 Å². The van der Waals surface area contributed by atoms with Crippen molar-refractivity contribution in [3.63, 3.8) is 0 Å². The third-order valence-corrected chi connectivity index (χ3v) is 18.7. The second kappa shape index (κ2) is 3.10. The first-order valence-electron chi connectivity index (χ1n) is 1.61. The summed E-state index contributed by atoms with van der Waals surface area (Å²) < 4.78 is 0. The van der Waals surface area contributed by atoms with Crippen LogP contribution in [-0.2, 0) is 0 Å². The molecule has 6 heavy (non-hydrogen) atoms. The zero-order chi connectivity index (χ0) is 4.41. The topological polar surface area (TPSA) is 0 Å². The molecular weight excluding hydrogens is 290 g/mol. The molecule has 0 amide bonds. The van der Waals surface area contributed by atoms with Crippen molar-refractivity contribution in [3.05, 3.63) is 0 Å². The Morgan fingerprint density at radius 1 is 1.33 bits per heavy atom. The van der Waals surface area contributed by atoms with E-state index in [4.69, 9.17) is 0 Å². The molecular formula is C2H4AsIS2. The Bertz CT molecular complexity index is 44.8. The van der Waals surface area contributed by atoms with Gasteiger partial charge in [-0.3, -0.25) is 0 Å². The van der Waals surface area contributed by atoms with E-state index in [0.29, 0.717) is 0 Å². The Balaban J connectivity index is 2.18. The fourth-order valence-electron chi connectivity index (χ4n) is 0.255. The molecule has 4 heteroatoms. The molecule has 1 saturated heterocycles. The van der Waals surface area contributed by atoms with Crippen molar-refractivity contribution >= 4 is 49.2 Å². The van der Waals surface area contributed by atoms with Gasteiger partial charge in [-0.15, -0.1) is 0 Å². The molecule has 0 N–H and O–H groups in total. The van der Waals surface area contributed by atoms with Crippen molar-refractivity contribution in [2.45, 2.75) is 0 Å². The molecule has 0 saturated carbocycles. The molecule has 1 fully saturated rings. The van der Waals surface area contributed by atoms with Crippen LogP contribution in [0.2, 0.25) is 0 Å². The number of halogens is 1. The van der Waals surface area contributed by atoms with E-state index in [1.165, 1.54) is 11.5 Å². The first-order chi connectivity index (χ1) is 2.89. The fraction of sp³-hybridized carbons (Fsp3) is 1.00. The summed E-state index contributed by atoms with van der Waals surface area (Å²) in [6, 6.07) is 0. The predicted molar refractivity (Wildman–Crippen MR) is 44.7 cm³/mol. The minimum atomic E-state index is -0.301. The van der Waals surface area contributed by atoms with Crippen LogP contribution in [0.4, 0.5) is 0 Å². The van der Waals surface area contributed by atoms with Gasteiger partial charge in [-0.2, -0.15) is 0 Å². The van der Waals surface area contributed by atoms with E-state index in [0.717, 1.165) is 0 Å². The van der Waals surface area contributed by atoms with E-state index in [9.17, 15) is 0 Å². The molecule has 36 valence electrons. The second-order valence-electron chi connectivity index (χ2n) is 0.879. The van der Waals surface area contributed by atoms with Gasteiger partial charge >= 0.3 is 60.7 Å². The van der Waals surface area contributed by atoms with Gasteiger partial charge in [-0.25, -0.2) is 0 Å². The molecule has 0 bridgehead atoms. The Hall–Kier alpha value is 1.99. The maximum absolute atomic E-state index is 2.60. The molecule has 0 aromatic heterocycles. The Labute approximate surface area is 60.0 Å². The summed E-state index contributed by atoms with van der Waals surface area (Å²) >= 11 is 2.60. The van der Waals surface area contributed by atoms with Gasteiger partial charge in [0.25, 0.3) is 0 Å². The molecule has 1 aliphatic rings. The molecule has 0 unspecified atom stereocenters. The molecule has 1 rings (SSSR count). The van der Waals surface area contributed by atoms with Gasteiger partial charge in [0, 0.05) is 0 Å². The van der Waals surface area contributed by atoms with E-state index in [-0.39, 0.29) is 8.99 Å². The predicted octanol–water partition coefficient (Wildman–Crippen LogP) is 1.89. The van der Waals surface area contributed by atoms with Crippen LogP contribution in [0.25, 0.3) is 0 Å². The zero-order valence-electron chi connectivity index (χ0n) is 3.06. The summed E-state index contributed by atoms with van der Waals surface area (Å²) in [7, 11) is 4.08. The molecule has 0 aromatic carbocycles. The van der Waals surface area contributed by atoms with E-state index >= 15 is 0 Å². The van der Waals surface area contributed by atoms with Gasteiger partial charge in [0.2, 0.25) is 0 Å². The van der Waals surface area contributed by atoms with Crippen molar-refractivity contribution in [2.75, 3.05) is 11.5 Å². The molecule has 0 aliphatic carbocycles. The number of rotatable bonds is 0. The molecule has 1 aliphatic heterocycles. The molecule has 0 spiro atoms. The van der Waals surface area contributed by atoms with Crippen LogP contribution in [-0.4, -0.2) is 20.5 Å². The summed E-state index contributed by atoms with van der Waals surface area (Å²) in [5.74, 6) is 2.85. The van der Waals surface area contributed by atoms with Crippen molar-refractivity contribution in [3.8, 4) is 0 Å². The first-order valence-corrected chi connectivity index (χ1v) is 13.8. The van der Waals surface area contributed by atoms with Crippen LogP contribution in [0.3, 0.4) is 0 Å². The van der Waals surface area contributed by atoms with Gasteiger partial charge in [0.05, 0.1) is 0 Å². The third kappa shape index (κ3) is 1.84. The van der Waals surface area contributed by atoms with Crippen LogP contribution in [0.15, 0.2) is 0 Å². The summed E-state index contributed by atoms with van der Waals surface area (Å²) in [5.41, 5.74) is 0. The van der Waals surface area contributed by atoms with E-state index in [1.807, 2.05) is 0 Å². The summed E-state index contributed by atoms with van der Waals surface area (Å²) in [6.45, 7) is 0. The standard InChI is InChI=1S/C2H4AsIS2/c4-3-5-1-2-6-3/h1-2H2. The maximum atomic E-state index is 2.60. The molecule has 1 heterocycles. The summed E-state index contributed by atoms with van der Waals surface area (Å²) in [6.07, 6.45) is 0. The van der Waals surface area contributed by atoms with Crippen LogP contribution in [0, 0.1) is 0 Å². The van der Waals surface area contributed by atoms with Gasteiger partial charge in [0.1, 0.15) is 0 Å². The third-order valence-electron chi connectivity index (χ3n) is 0.469. The monoisotopic (exact) mass is 294 g/mol. The normalized spacial score (nSPS) is 25.5. The Morgan fingerprint density at radius 2 is 1.83 bits per heavy atom. The van der Waals surface area contributed by atoms with E-state index in [1.54, 1.807) is 0 Å². The van der Waals surface area contributed by atoms with Crippen LogP contribution < -0.4 is 0 Å². The van der Waals surface area contributed by atoms with Crippen LogP contribution >= 0.6 is 40.2 Å². The zero-order valence-corrected chi connectivity index (χ0v) is 8.72. The van der Waals surface area contributed by atoms with Crippen LogP contribution in [0.1, 0.15) is 0 Å². The Morgan fingerprint density at radius 3 is 2.00 bits per heavy atom. The number of hydrogen-bond donors (Lipinski definition) is 0. The average molecular weight is 294 g/mol. The van der Waals surface area contributed by atoms with E-state index in [2.05, 4.69) is 40.2 Å². The molecule has 0 atom stereocenters. The molecule has 0 aromatic rings. The number of hydrogen-bond acceptors (Lipinski definition) is 2. The second-order valence-corrected chi connectivity index (χ2v) is 23.2. The first kappa shape index (κ1) is 6.11. The fourth-order valence-corrected chi connectivity index (χ4v) is 15.9. The van der Waals surface area contributed by atoms with Crippen molar-refractivity contribution in [1.29, 1.82) is 0 Å². The van der Waals surface area contributed by atoms with Crippen molar-refractivity contribution < 1.29 is 0 Å².